The van der Waals surface area contributed by atoms with Gasteiger partial charge in [0.25, 0.3) is 0 Å². The summed E-state index contributed by atoms with van der Waals surface area (Å²) >= 11 is 3.33. The van der Waals surface area contributed by atoms with Crippen LogP contribution in [0.3, 0.4) is 0 Å². The predicted octanol–water partition coefficient (Wildman–Crippen LogP) is 5.30. The molecule has 0 atom stereocenters. The molecular weight excluding hydrogens is 400 g/mol. The van der Waals surface area contributed by atoms with Crippen molar-refractivity contribution < 1.29 is 9.66 Å². The highest BCUT2D eigenvalue weighted by Gasteiger charge is 2.25. The Morgan fingerprint density at radius 1 is 1.08 bits per heavy atom. The minimum atomic E-state index is -0.558. The van der Waals surface area contributed by atoms with Gasteiger partial charge in [-0.05, 0) is 61.4 Å². The molecule has 1 aromatic heterocycles. The summed E-state index contributed by atoms with van der Waals surface area (Å²) in [6, 6.07) is 12.6. The number of nitrogens with zero attached hydrogens (tertiary/aromatic N) is 3. The highest BCUT2D eigenvalue weighted by molar-refractivity contribution is 9.10. The van der Waals surface area contributed by atoms with Gasteiger partial charge in [0.15, 0.2) is 0 Å². The molecule has 0 fully saturated rings. The first-order valence-corrected chi connectivity index (χ1v) is 8.50. The van der Waals surface area contributed by atoms with Gasteiger partial charge in [0, 0.05) is 10.2 Å². The SMILES string of the molecule is Cc1ccc(Nc2ncnc(Oc3ccc(Br)cc3)c2[N+](=O)[O-])cc1C. The average Bonchev–Trinajstić information content (AvgIpc) is 2.60. The zero-order valence-corrected chi connectivity index (χ0v) is 15.6. The Balaban J connectivity index is 1.96. The molecule has 26 heavy (non-hydrogen) atoms. The molecule has 0 aliphatic rings. The van der Waals surface area contributed by atoms with E-state index in [1.807, 2.05) is 32.0 Å². The van der Waals surface area contributed by atoms with E-state index in [9.17, 15) is 10.1 Å². The number of rotatable bonds is 5. The lowest BCUT2D eigenvalue weighted by Crippen LogP contribution is -2.03. The number of aromatic nitrogens is 2. The molecule has 0 saturated carbocycles. The standard InChI is InChI=1S/C18H15BrN4O3/c1-11-3-6-14(9-12(11)2)22-17-16(23(24)25)18(21-10-20-17)26-15-7-4-13(19)5-8-15/h3-10H,1-2H3,(H,20,21,22). The van der Waals surface area contributed by atoms with Crippen LogP contribution in [0.2, 0.25) is 0 Å². The third-order valence-electron chi connectivity index (χ3n) is 3.77. The number of hydrogen-bond donors (Lipinski definition) is 1. The van der Waals surface area contributed by atoms with Crippen molar-refractivity contribution in [3.63, 3.8) is 0 Å². The topological polar surface area (TPSA) is 90.2 Å². The zero-order chi connectivity index (χ0) is 18.7. The Hall–Kier alpha value is -3.00. The molecule has 3 rings (SSSR count). The number of halogens is 1. The summed E-state index contributed by atoms with van der Waals surface area (Å²) in [7, 11) is 0. The summed E-state index contributed by atoms with van der Waals surface area (Å²) in [6.07, 6.45) is 1.23. The van der Waals surface area contributed by atoms with Crippen LogP contribution in [0.5, 0.6) is 11.6 Å². The second-order valence-corrected chi connectivity index (χ2v) is 6.53. The molecule has 0 unspecified atom stereocenters. The fourth-order valence-corrected chi connectivity index (χ4v) is 2.53. The van der Waals surface area contributed by atoms with Crippen molar-refractivity contribution in [1.29, 1.82) is 0 Å². The van der Waals surface area contributed by atoms with Crippen molar-refractivity contribution in [3.8, 4) is 11.6 Å². The molecule has 0 bridgehead atoms. The summed E-state index contributed by atoms with van der Waals surface area (Å²) < 4.78 is 6.47. The monoisotopic (exact) mass is 414 g/mol. The summed E-state index contributed by atoms with van der Waals surface area (Å²) in [6.45, 7) is 3.97. The van der Waals surface area contributed by atoms with Crippen molar-refractivity contribution >= 4 is 33.1 Å². The van der Waals surface area contributed by atoms with Gasteiger partial charge in [-0.1, -0.05) is 22.0 Å². The van der Waals surface area contributed by atoms with Crippen LogP contribution in [0, 0.1) is 24.0 Å². The van der Waals surface area contributed by atoms with E-state index in [2.05, 4.69) is 31.2 Å². The highest BCUT2D eigenvalue weighted by Crippen LogP contribution is 2.35. The highest BCUT2D eigenvalue weighted by atomic mass is 79.9. The quantitative estimate of drug-likeness (QED) is 0.449. The minimum absolute atomic E-state index is 0.0698. The van der Waals surface area contributed by atoms with Crippen LogP contribution in [-0.2, 0) is 0 Å². The molecule has 2 aromatic carbocycles. The average molecular weight is 415 g/mol. The van der Waals surface area contributed by atoms with Gasteiger partial charge in [0.1, 0.15) is 12.1 Å². The smallest absolute Gasteiger partial charge is 0.373 e. The first kappa shape index (κ1) is 17.8. The largest absolute Gasteiger partial charge is 0.434 e. The van der Waals surface area contributed by atoms with Crippen LogP contribution in [0.15, 0.2) is 53.3 Å². The van der Waals surface area contributed by atoms with E-state index in [0.717, 1.165) is 15.6 Å². The fourth-order valence-electron chi connectivity index (χ4n) is 2.26. The fraction of sp³-hybridized carbons (Fsp3) is 0.111. The third kappa shape index (κ3) is 3.97. The Morgan fingerprint density at radius 2 is 1.81 bits per heavy atom. The second-order valence-electron chi connectivity index (χ2n) is 5.61. The van der Waals surface area contributed by atoms with Gasteiger partial charge in [0.2, 0.25) is 5.82 Å². The molecule has 0 amide bonds. The molecule has 0 aliphatic carbocycles. The van der Waals surface area contributed by atoms with Crippen LogP contribution < -0.4 is 10.1 Å². The summed E-state index contributed by atoms with van der Waals surface area (Å²) in [4.78, 5) is 19.0. The van der Waals surface area contributed by atoms with E-state index in [4.69, 9.17) is 4.74 Å². The summed E-state index contributed by atoms with van der Waals surface area (Å²) in [5.74, 6) is 0.381. The molecule has 0 spiro atoms. The number of ether oxygens (including phenoxy) is 1. The number of benzene rings is 2. The number of anilines is 2. The van der Waals surface area contributed by atoms with E-state index >= 15 is 0 Å². The molecule has 0 aliphatic heterocycles. The van der Waals surface area contributed by atoms with Crippen LogP contribution in [-0.4, -0.2) is 14.9 Å². The van der Waals surface area contributed by atoms with Gasteiger partial charge in [0.05, 0.1) is 4.92 Å². The minimum Gasteiger partial charge on any atom is -0.434 e. The van der Waals surface area contributed by atoms with E-state index in [1.165, 1.54) is 6.33 Å². The van der Waals surface area contributed by atoms with Gasteiger partial charge in [-0.25, -0.2) is 4.98 Å². The van der Waals surface area contributed by atoms with E-state index in [-0.39, 0.29) is 17.4 Å². The number of hydrogen-bond acceptors (Lipinski definition) is 6. The molecule has 132 valence electrons. The molecule has 8 heteroatoms. The summed E-state index contributed by atoms with van der Waals surface area (Å²) in [5.41, 5.74) is 2.57. The van der Waals surface area contributed by atoms with Gasteiger partial charge in [-0.15, -0.1) is 0 Å². The maximum Gasteiger partial charge on any atom is 0.373 e. The number of nitrogens with one attached hydrogen (secondary N) is 1. The first-order chi connectivity index (χ1) is 12.4. The maximum absolute atomic E-state index is 11.6. The molecule has 1 heterocycles. The van der Waals surface area contributed by atoms with Crippen LogP contribution in [0.4, 0.5) is 17.2 Å². The van der Waals surface area contributed by atoms with Crippen molar-refractivity contribution in [1.82, 2.24) is 9.97 Å². The lowest BCUT2D eigenvalue weighted by molar-refractivity contribution is -0.385. The molecule has 1 N–H and O–H groups in total. The Labute approximate surface area is 158 Å². The number of nitro groups is 1. The molecular formula is C18H15BrN4O3. The lowest BCUT2D eigenvalue weighted by Gasteiger charge is -2.10. The van der Waals surface area contributed by atoms with Crippen molar-refractivity contribution in [2.45, 2.75) is 13.8 Å². The molecule has 7 nitrogen and oxygen atoms in total. The van der Waals surface area contributed by atoms with Crippen molar-refractivity contribution in [2.24, 2.45) is 0 Å². The van der Waals surface area contributed by atoms with Gasteiger partial charge in [-0.2, -0.15) is 4.98 Å². The maximum atomic E-state index is 11.6. The van der Waals surface area contributed by atoms with Crippen LogP contribution in [0.1, 0.15) is 11.1 Å². The van der Waals surface area contributed by atoms with E-state index in [0.29, 0.717) is 11.4 Å². The molecule has 0 radical (unpaired) electrons. The molecule has 3 aromatic rings. The predicted molar refractivity (Wildman–Crippen MR) is 102 cm³/mol. The molecule has 0 saturated heterocycles. The van der Waals surface area contributed by atoms with Crippen LogP contribution in [0.25, 0.3) is 0 Å². The Kier molecular flexibility index (Phi) is 5.13. The second kappa shape index (κ2) is 7.49. The summed E-state index contributed by atoms with van der Waals surface area (Å²) in [5, 5.41) is 14.6. The van der Waals surface area contributed by atoms with E-state index in [1.54, 1.807) is 24.3 Å². The van der Waals surface area contributed by atoms with Gasteiger partial charge >= 0.3 is 11.6 Å². The Morgan fingerprint density at radius 3 is 2.46 bits per heavy atom. The van der Waals surface area contributed by atoms with Gasteiger partial charge in [-0.3, -0.25) is 10.1 Å². The Bertz CT molecular complexity index is 961. The first-order valence-electron chi connectivity index (χ1n) is 7.71. The van der Waals surface area contributed by atoms with Crippen molar-refractivity contribution in [2.75, 3.05) is 5.32 Å². The zero-order valence-electron chi connectivity index (χ0n) is 14.1. The third-order valence-corrected chi connectivity index (χ3v) is 4.30. The lowest BCUT2D eigenvalue weighted by atomic mass is 10.1. The van der Waals surface area contributed by atoms with Crippen molar-refractivity contribution in [3.05, 3.63) is 74.5 Å². The normalized spacial score (nSPS) is 10.4. The van der Waals surface area contributed by atoms with Crippen LogP contribution >= 0.6 is 15.9 Å². The number of aryl methyl sites for hydroxylation is 2. The van der Waals surface area contributed by atoms with Gasteiger partial charge < -0.3 is 10.1 Å². The van der Waals surface area contributed by atoms with E-state index < -0.39 is 4.92 Å².